The summed E-state index contributed by atoms with van der Waals surface area (Å²) in [7, 11) is 0. The standard InChI is InChI=1S/C12H21N3O/c1-3-13-8-11-14-15-12(16-11)10-6-4-9(2)5-7-10/h9-10,13H,3-8H2,1-2H3. The first-order valence-electron chi connectivity index (χ1n) is 6.32. The number of nitrogens with one attached hydrogen (secondary N) is 1. The molecule has 0 unspecified atom stereocenters. The Morgan fingerprint density at radius 1 is 1.25 bits per heavy atom. The lowest BCUT2D eigenvalue weighted by molar-refractivity contribution is 0.301. The first-order valence-corrected chi connectivity index (χ1v) is 6.32. The maximum absolute atomic E-state index is 5.68. The summed E-state index contributed by atoms with van der Waals surface area (Å²) < 4.78 is 5.68. The second-order valence-corrected chi connectivity index (χ2v) is 4.77. The number of hydrogen-bond donors (Lipinski definition) is 1. The van der Waals surface area contributed by atoms with Gasteiger partial charge in [-0.15, -0.1) is 10.2 Å². The predicted molar refractivity (Wildman–Crippen MR) is 62.1 cm³/mol. The van der Waals surface area contributed by atoms with Crippen LogP contribution in [0.5, 0.6) is 0 Å². The summed E-state index contributed by atoms with van der Waals surface area (Å²) >= 11 is 0. The van der Waals surface area contributed by atoms with Crippen molar-refractivity contribution in [2.45, 2.75) is 52.0 Å². The second kappa shape index (κ2) is 5.43. The fraction of sp³-hybridized carbons (Fsp3) is 0.833. The molecule has 1 aliphatic carbocycles. The van der Waals surface area contributed by atoms with Crippen molar-refractivity contribution in [2.24, 2.45) is 5.92 Å². The molecule has 0 saturated heterocycles. The van der Waals surface area contributed by atoms with Crippen molar-refractivity contribution in [3.8, 4) is 0 Å². The molecule has 4 heteroatoms. The molecule has 1 aromatic heterocycles. The van der Waals surface area contributed by atoms with Gasteiger partial charge in [0.2, 0.25) is 11.8 Å². The zero-order valence-electron chi connectivity index (χ0n) is 10.2. The van der Waals surface area contributed by atoms with E-state index < -0.39 is 0 Å². The third kappa shape index (κ3) is 2.82. The van der Waals surface area contributed by atoms with Gasteiger partial charge in [0.25, 0.3) is 0 Å². The Hall–Kier alpha value is -0.900. The van der Waals surface area contributed by atoms with Gasteiger partial charge in [0.1, 0.15) is 0 Å². The van der Waals surface area contributed by atoms with Crippen LogP contribution in [-0.4, -0.2) is 16.7 Å². The van der Waals surface area contributed by atoms with Crippen LogP contribution in [0.15, 0.2) is 4.42 Å². The number of aromatic nitrogens is 2. The van der Waals surface area contributed by atoms with Gasteiger partial charge in [-0.05, 0) is 38.1 Å². The summed E-state index contributed by atoms with van der Waals surface area (Å²) in [6.45, 7) is 6.01. The molecule has 2 rings (SSSR count). The highest BCUT2D eigenvalue weighted by Gasteiger charge is 2.24. The summed E-state index contributed by atoms with van der Waals surface area (Å²) in [6.07, 6.45) is 4.97. The van der Waals surface area contributed by atoms with E-state index in [1.807, 2.05) is 0 Å². The molecular weight excluding hydrogens is 202 g/mol. The molecule has 0 amide bonds. The van der Waals surface area contributed by atoms with Gasteiger partial charge in [-0.1, -0.05) is 13.8 Å². The minimum Gasteiger partial charge on any atom is -0.424 e. The van der Waals surface area contributed by atoms with Crippen LogP contribution < -0.4 is 5.32 Å². The molecule has 1 saturated carbocycles. The van der Waals surface area contributed by atoms with Crippen LogP contribution in [0.1, 0.15) is 57.2 Å². The maximum Gasteiger partial charge on any atom is 0.230 e. The summed E-state index contributed by atoms with van der Waals surface area (Å²) in [5, 5.41) is 11.4. The van der Waals surface area contributed by atoms with Crippen LogP contribution in [0.3, 0.4) is 0 Å². The van der Waals surface area contributed by atoms with E-state index in [4.69, 9.17) is 4.42 Å². The summed E-state index contributed by atoms with van der Waals surface area (Å²) in [4.78, 5) is 0. The van der Waals surface area contributed by atoms with E-state index in [1.165, 1.54) is 25.7 Å². The monoisotopic (exact) mass is 223 g/mol. The van der Waals surface area contributed by atoms with Crippen molar-refractivity contribution in [1.29, 1.82) is 0 Å². The minimum absolute atomic E-state index is 0.499. The van der Waals surface area contributed by atoms with E-state index >= 15 is 0 Å². The molecule has 1 aromatic rings. The van der Waals surface area contributed by atoms with Crippen LogP contribution in [0.4, 0.5) is 0 Å². The molecule has 90 valence electrons. The highest BCUT2D eigenvalue weighted by atomic mass is 16.4. The van der Waals surface area contributed by atoms with Crippen LogP contribution in [0.2, 0.25) is 0 Å². The smallest absolute Gasteiger partial charge is 0.230 e. The summed E-state index contributed by atoms with van der Waals surface area (Å²) in [6, 6.07) is 0. The van der Waals surface area contributed by atoms with E-state index in [-0.39, 0.29) is 0 Å². The van der Waals surface area contributed by atoms with Gasteiger partial charge in [-0.3, -0.25) is 0 Å². The van der Waals surface area contributed by atoms with Crippen molar-refractivity contribution in [2.75, 3.05) is 6.54 Å². The van der Waals surface area contributed by atoms with Crippen molar-refractivity contribution >= 4 is 0 Å². The van der Waals surface area contributed by atoms with Gasteiger partial charge in [0.15, 0.2) is 0 Å². The molecule has 1 heterocycles. The van der Waals surface area contributed by atoms with Crippen LogP contribution in [0.25, 0.3) is 0 Å². The summed E-state index contributed by atoms with van der Waals surface area (Å²) in [5.41, 5.74) is 0. The van der Waals surface area contributed by atoms with Gasteiger partial charge in [-0.2, -0.15) is 0 Å². The molecular formula is C12H21N3O. The van der Waals surface area contributed by atoms with E-state index in [2.05, 4.69) is 29.4 Å². The van der Waals surface area contributed by atoms with Gasteiger partial charge in [0.05, 0.1) is 6.54 Å². The maximum atomic E-state index is 5.68. The normalized spacial score (nSPS) is 25.9. The van der Waals surface area contributed by atoms with Crippen LogP contribution >= 0.6 is 0 Å². The topological polar surface area (TPSA) is 51.0 Å². The Morgan fingerprint density at radius 2 is 2.00 bits per heavy atom. The molecule has 4 nitrogen and oxygen atoms in total. The molecule has 0 spiro atoms. The predicted octanol–water partition coefficient (Wildman–Crippen LogP) is 2.47. The second-order valence-electron chi connectivity index (χ2n) is 4.77. The lowest BCUT2D eigenvalue weighted by Crippen LogP contribution is -2.12. The van der Waals surface area contributed by atoms with Crippen molar-refractivity contribution in [3.63, 3.8) is 0 Å². The zero-order chi connectivity index (χ0) is 11.4. The third-order valence-corrected chi connectivity index (χ3v) is 3.37. The Bertz CT molecular complexity index is 316. The van der Waals surface area contributed by atoms with E-state index in [9.17, 15) is 0 Å². The fourth-order valence-electron chi connectivity index (χ4n) is 2.24. The zero-order valence-corrected chi connectivity index (χ0v) is 10.2. The highest BCUT2D eigenvalue weighted by Crippen LogP contribution is 2.34. The molecule has 16 heavy (non-hydrogen) atoms. The van der Waals surface area contributed by atoms with Crippen molar-refractivity contribution in [3.05, 3.63) is 11.8 Å². The Labute approximate surface area is 96.8 Å². The molecule has 0 atom stereocenters. The molecule has 1 aliphatic rings. The Balaban J connectivity index is 1.91. The molecule has 0 aliphatic heterocycles. The molecule has 0 radical (unpaired) electrons. The Kier molecular flexibility index (Phi) is 3.93. The lowest BCUT2D eigenvalue weighted by atomic mass is 9.83. The minimum atomic E-state index is 0.499. The van der Waals surface area contributed by atoms with Crippen molar-refractivity contribution < 1.29 is 4.42 Å². The SMILES string of the molecule is CCNCc1nnc(C2CCC(C)CC2)o1. The average Bonchev–Trinajstić information content (AvgIpc) is 2.76. The van der Waals surface area contributed by atoms with Gasteiger partial charge in [0, 0.05) is 5.92 Å². The highest BCUT2D eigenvalue weighted by molar-refractivity contribution is 4.93. The fourth-order valence-corrected chi connectivity index (χ4v) is 2.24. The summed E-state index contributed by atoms with van der Waals surface area (Å²) in [5.74, 6) is 2.93. The average molecular weight is 223 g/mol. The number of nitrogens with zero attached hydrogens (tertiary/aromatic N) is 2. The van der Waals surface area contributed by atoms with Crippen LogP contribution in [0, 0.1) is 5.92 Å². The first kappa shape index (κ1) is 11.6. The van der Waals surface area contributed by atoms with Crippen LogP contribution in [-0.2, 0) is 6.54 Å². The number of rotatable bonds is 4. The van der Waals surface area contributed by atoms with Gasteiger partial charge >= 0.3 is 0 Å². The quantitative estimate of drug-likeness (QED) is 0.852. The molecule has 0 bridgehead atoms. The van der Waals surface area contributed by atoms with Gasteiger partial charge < -0.3 is 9.73 Å². The molecule has 0 aromatic carbocycles. The van der Waals surface area contributed by atoms with Gasteiger partial charge in [-0.25, -0.2) is 0 Å². The van der Waals surface area contributed by atoms with Crippen molar-refractivity contribution in [1.82, 2.24) is 15.5 Å². The molecule has 1 N–H and O–H groups in total. The first-order chi connectivity index (χ1) is 7.79. The van der Waals surface area contributed by atoms with E-state index in [1.54, 1.807) is 0 Å². The van der Waals surface area contributed by atoms with E-state index in [0.717, 1.165) is 24.2 Å². The Morgan fingerprint density at radius 3 is 2.69 bits per heavy atom. The van der Waals surface area contributed by atoms with E-state index in [0.29, 0.717) is 12.5 Å². The largest absolute Gasteiger partial charge is 0.424 e. The molecule has 1 fully saturated rings. The lowest BCUT2D eigenvalue weighted by Gasteiger charge is -2.23. The number of hydrogen-bond acceptors (Lipinski definition) is 4. The third-order valence-electron chi connectivity index (χ3n) is 3.37.